The molecule has 3 rings (SSSR count). The van der Waals surface area contributed by atoms with Gasteiger partial charge in [-0.15, -0.1) is 0 Å². The molecule has 4 nitrogen and oxygen atoms in total. The molecule has 0 saturated heterocycles. The van der Waals surface area contributed by atoms with Crippen LogP contribution in [-0.4, -0.2) is 17.1 Å². The van der Waals surface area contributed by atoms with E-state index in [1.807, 2.05) is 0 Å². The number of benzene rings is 2. The van der Waals surface area contributed by atoms with Gasteiger partial charge >= 0.3 is 6.18 Å². The number of nitrogens with one attached hydrogen (secondary N) is 2. The fraction of sp³-hybridized carbons (Fsp3) is 0.111. The van der Waals surface area contributed by atoms with Crippen molar-refractivity contribution in [3.05, 3.63) is 76.2 Å². The number of H-pyrrole nitrogens is 1. The van der Waals surface area contributed by atoms with Gasteiger partial charge in [-0.25, -0.2) is 0 Å². The normalized spacial score (nSPS) is 11.5. The number of anilines is 1. The zero-order chi connectivity index (χ0) is 18.0. The van der Waals surface area contributed by atoms with Crippen LogP contribution in [0, 0.1) is 0 Å². The largest absolute Gasteiger partial charge is 0.393 e. The Kier molecular flexibility index (Phi) is 4.31. The zero-order valence-electron chi connectivity index (χ0n) is 12.9. The molecule has 0 bridgehead atoms. The first-order valence-corrected chi connectivity index (χ1v) is 7.41. The van der Waals surface area contributed by atoms with Gasteiger partial charge in [0, 0.05) is 22.7 Å². The summed E-state index contributed by atoms with van der Waals surface area (Å²) in [7, 11) is 0. The fourth-order valence-electron chi connectivity index (χ4n) is 2.59. The van der Waals surface area contributed by atoms with Crippen LogP contribution in [0.2, 0.25) is 0 Å². The van der Waals surface area contributed by atoms with Crippen LogP contribution in [0.3, 0.4) is 0 Å². The second-order valence-corrected chi connectivity index (χ2v) is 5.52. The van der Waals surface area contributed by atoms with Crippen LogP contribution >= 0.6 is 0 Å². The van der Waals surface area contributed by atoms with Crippen LogP contribution in [0.15, 0.2) is 59.5 Å². The van der Waals surface area contributed by atoms with E-state index in [1.54, 1.807) is 24.3 Å². The molecule has 128 valence electrons. The van der Waals surface area contributed by atoms with Crippen molar-refractivity contribution in [2.45, 2.75) is 12.6 Å². The Morgan fingerprint density at radius 3 is 2.48 bits per heavy atom. The molecule has 0 aliphatic rings. The lowest BCUT2D eigenvalue weighted by Gasteiger charge is -2.10. The van der Waals surface area contributed by atoms with Crippen LogP contribution in [0.1, 0.15) is 15.9 Å². The van der Waals surface area contributed by atoms with Crippen molar-refractivity contribution in [1.29, 1.82) is 0 Å². The van der Waals surface area contributed by atoms with Crippen molar-refractivity contribution in [2.75, 3.05) is 5.32 Å². The minimum atomic E-state index is -4.32. The van der Waals surface area contributed by atoms with Crippen molar-refractivity contribution >= 4 is 22.4 Å². The predicted molar refractivity (Wildman–Crippen MR) is 88.7 cm³/mol. The average Bonchev–Trinajstić information content (AvgIpc) is 2.54. The summed E-state index contributed by atoms with van der Waals surface area (Å²) in [6, 6.07) is 12.2. The number of rotatable bonds is 3. The highest BCUT2D eigenvalue weighted by molar-refractivity contribution is 6.12. The minimum Gasteiger partial charge on any atom is -0.328 e. The molecule has 0 fully saturated rings. The van der Waals surface area contributed by atoms with Gasteiger partial charge < -0.3 is 10.3 Å². The van der Waals surface area contributed by atoms with Crippen molar-refractivity contribution in [3.8, 4) is 0 Å². The number of halogens is 3. The maximum absolute atomic E-state index is 12.5. The second kappa shape index (κ2) is 6.43. The molecule has 2 aromatic carbocycles. The van der Waals surface area contributed by atoms with E-state index in [1.165, 1.54) is 30.5 Å². The minimum absolute atomic E-state index is 0.0524. The highest BCUT2D eigenvalue weighted by atomic mass is 19.4. The van der Waals surface area contributed by atoms with Gasteiger partial charge in [0.2, 0.25) is 0 Å². The number of fused-ring (bicyclic) bond motifs is 1. The number of pyridine rings is 1. The smallest absolute Gasteiger partial charge is 0.328 e. The summed E-state index contributed by atoms with van der Waals surface area (Å²) in [6.45, 7) is 0. The highest BCUT2D eigenvalue weighted by Crippen LogP contribution is 2.23. The Hall–Kier alpha value is -3.09. The van der Waals surface area contributed by atoms with E-state index in [-0.39, 0.29) is 22.4 Å². The predicted octanol–water partition coefficient (Wildman–Crippen LogP) is 3.89. The Balaban J connectivity index is 1.90. The number of alkyl halides is 3. The van der Waals surface area contributed by atoms with Gasteiger partial charge in [-0.05, 0) is 23.8 Å². The summed E-state index contributed by atoms with van der Waals surface area (Å²) >= 11 is 0. The van der Waals surface area contributed by atoms with Gasteiger partial charge in [-0.3, -0.25) is 9.59 Å². The van der Waals surface area contributed by atoms with Crippen molar-refractivity contribution in [3.63, 3.8) is 0 Å². The molecule has 3 aromatic rings. The molecule has 1 amide bonds. The lowest BCUT2D eigenvalue weighted by Crippen LogP contribution is -2.16. The highest BCUT2D eigenvalue weighted by Gasteiger charge is 2.27. The van der Waals surface area contributed by atoms with Crippen molar-refractivity contribution < 1.29 is 18.0 Å². The zero-order valence-corrected chi connectivity index (χ0v) is 12.9. The maximum Gasteiger partial charge on any atom is 0.393 e. The van der Waals surface area contributed by atoms with Crippen LogP contribution < -0.4 is 10.9 Å². The molecular weight excluding hydrogens is 333 g/mol. The summed E-state index contributed by atoms with van der Waals surface area (Å²) < 4.78 is 37.5. The summed E-state index contributed by atoms with van der Waals surface area (Å²) in [5.41, 5.74) is 0.217. The fourth-order valence-corrected chi connectivity index (χ4v) is 2.59. The maximum atomic E-state index is 12.5. The molecule has 0 atom stereocenters. The number of aromatic nitrogens is 1. The molecule has 1 aromatic heterocycles. The van der Waals surface area contributed by atoms with Crippen LogP contribution in [0.25, 0.3) is 10.8 Å². The monoisotopic (exact) mass is 346 g/mol. The van der Waals surface area contributed by atoms with Gasteiger partial charge in [-0.1, -0.05) is 30.3 Å². The van der Waals surface area contributed by atoms with E-state index in [9.17, 15) is 22.8 Å². The number of aromatic amines is 1. The third-order valence-electron chi connectivity index (χ3n) is 3.64. The number of carbonyl (C=O) groups excluding carboxylic acids is 1. The van der Waals surface area contributed by atoms with Gasteiger partial charge in [0.15, 0.2) is 0 Å². The number of hydrogen-bond acceptors (Lipinski definition) is 2. The third-order valence-corrected chi connectivity index (χ3v) is 3.64. The summed E-state index contributed by atoms with van der Waals surface area (Å²) in [6.07, 6.45) is -4.10. The quantitative estimate of drug-likeness (QED) is 0.756. The molecule has 0 aliphatic carbocycles. The first-order valence-electron chi connectivity index (χ1n) is 7.41. The Bertz CT molecular complexity index is 993. The molecule has 0 saturated carbocycles. The van der Waals surface area contributed by atoms with E-state index < -0.39 is 18.5 Å². The van der Waals surface area contributed by atoms with Crippen molar-refractivity contribution in [1.82, 2.24) is 4.98 Å². The molecule has 1 heterocycles. The van der Waals surface area contributed by atoms with Crippen LogP contribution in [0.4, 0.5) is 18.9 Å². The first kappa shape index (κ1) is 16.8. The molecule has 0 aliphatic heterocycles. The molecule has 0 spiro atoms. The SMILES string of the molecule is O=C(Nc1cccc(CC(F)(F)F)c1)c1c[nH]c(=O)c2ccccc12. The Labute approximate surface area is 140 Å². The third kappa shape index (κ3) is 3.88. The second-order valence-electron chi connectivity index (χ2n) is 5.52. The van der Waals surface area contributed by atoms with E-state index in [2.05, 4.69) is 10.3 Å². The summed E-state index contributed by atoms with van der Waals surface area (Å²) in [5, 5.41) is 3.40. The number of hydrogen-bond donors (Lipinski definition) is 2. The van der Waals surface area contributed by atoms with Gasteiger partial charge in [0.1, 0.15) is 0 Å². The van der Waals surface area contributed by atoms with Gasteiger partial charge in [0.05, 0.1) is 12.0 Å². The standard InChI is InChI=1S/C18H13F3N2O2/c19-18(20,21)9-11-4-3-5-12(8-11)23-17(25)15-10-22-16(24)14-7-2-1-6-13(14)15/h1-8,10H,9H2,(H,22,24)(H,23,25). The molecule has 7 heteroatoms. The summed E-state index contributed by atoms with van der Waals surface area (Å²) in [5.74, 6) is -0.517. The molecule has 2 N–H and O–H groups in total. The first-order chi connectivity index (χ1) is 11.8. The van der Waals surface area contributed by atoms with Gasteiger partial charge in [0.25, 0.3) is 11.5 Å². The van der Waals surface area contributed by atoms with Gasteiger partial charge in [-0.2, -0.15) is 13.2 Å². The number of amides is 1. The van der Waals surface area contributed by atoms with E-state index in [0.29, 0.717) is 10.8 Å². The Morgan fingerprint density at radius 2 is 1.76 bits per heavy atom. The number of carbonyl (C=O) groups is 1. The molecule has 0 radical (unpaired) electrons. The van der Waals surface area contributed by atoms with E-state index in [0.717, 1.165) is 0 Å². The molecule has 0 unspecified atom stereocenters. The average molecular weight is 346 g/mol. The topological polar surface area (TPSA) is 62.0 Å². The lowest BCUT2D eigenvalue weighted by molar-refractivity contribution is -0.127. The van der Waals surface area contributed by atoms with Crippen LogP contribution in [-0.2, 0) is 6.42 Å². The van der Waals surface area contributed by atoms with Crippen LogP contribution in [0.5, 0.6) is 0 Å². The van der Waals surface area contributed by atoms with E-state index >= 15 is 0 Å². The lowest BCUT2D eigenvalue weighted by atomic mass is 10.1. The molecule has 25 heavy (non-hydrogen) atoms. The van der Waals surface area contributed by atoms with E-state index in [4.69, 9.17) is 0 Å². The molecular formula is C18H13F3N2O2. The Morgan fingerprint density at radius 1 is 1.04 bits per heavy atom. The summed E-state index contributed by atoms with van der Waals surface area (Å²) in [4.78, 5) is 26.8. The van der Waals surface area contributed by atoms with Crippen molar-refractivity contribution in [2.24, 2.45) is 0 Å².